The molecule has 1 aromatic heterocycles. The third-order valence-electron chi connectivity index (χ3n) is 3.80. The van der Waals surface area contributed by atoms with Gasteiger partial charge in [-0.1, -0.05) is 18.0 Å². The van der Waals surface area contributed by atoms with E-state index < -0.39 is 0 Å². The molecule has 5 nitrogen and oxygen atoms in total. The van der Waals surface area contributed by atoms with E-state index in [-0.39, 0.29) is 11.6 Å². The van der Waals surface area contributed by atoms with Crippen molar-refractivity contribution >= 4 is 0 Å². The summed E-state index contributed by atoms with van der Waals surface area (Å²) in [4.78, 5) is 4.42. The lowest BCUT2D eigenvalue weighted by Gasteiger charge is -2.20. The maximum absolute atomic E-state index is 6.29. The lowest BCUT2D eigenvalue weighted by Crippen LogP contribution is -2.38. The molecule has 0 radical (unpaired) electrons. The summed E-state index contributed by atoms with van der Waals surface area (Å²) >= 11 is 0. The van der Waals surface area contributed by atoms with Crippen LogP contribution in [0.5, 0.6) is 0 Å². The second-order valence-electron chi connectivity index (χ2n) is 5.29. The Kier molecular flexibility index (Phi) is 2.88. The third-order valence-corrected chi connectivity index (χ3v) is 3.80. The van der Waals surface area contributed by atoms with Gasteiger partial charge in [-0.05, 0) is 25.7 Å². The monoisotopic (exact) mass is 237 g/mol. The zero-order valence-corrected chi connectivity index (χ0v) is 10.0. The summed E-state index contributed by atoms with van der Waals surface area (Å²) in [5.41, 5.74) is 6.17. The molecule has 1 unspecified atom stereocenters. The van der Waals surface area contributed by atoms with Crippen molar-refractivity contribution in [3.8, 4) is 0 Å². The zero-order valence-electron chi connectivity index (χ0n) is 10.0. The average Bonchev–Trinajstić information content (AvgIpc) is 2.98. The molecule has 1 aliphatic heterocycles. The number of aromatic nitrogens is 2. The van der Waals surface area contributed by atoms with Crippen LogP contribution >= 0.6 is 0 Å². The largest absolute Gasteiger partial charge is 0.370 e. The van der Waals surface area contributed by atoms with Crippen molar-refractivity contribution < 1.29 is 9.26 Å². The maximum Gasteiger partial charge on any atom is 0.228 e. The first-order valence-electron chi connectivity index (χ1n) is 6.48. The van der Waals surface area contributed by atoms with Gasteiger partial charge in [0.15, 0.2) is 0 Å². The quantitative estimate of drug-likeness (QED) is 0.866. The summed E-state index contributed by atoms with van der Waals surface area (Å²) in [6.07, 6.45) is 7.35. The summed E-state index contributed by atoms with van der Waals surface area (Å²) in [5, 5.41) is 4.00. The Labute approximate surface area is 101 Å². The standard InChI is InChI=1S/C12H19N3O2/c13-12(5-1-2-6-12)8-10-14-11(15-17-10)9-4-3-7-16-9/h9H,1-8,13H2. The summed E-state index contributed by atoms with van der Waals surface area (Å²) < 4.78 is 10.8. The molecule has 1 aromatic rings. The maximum atomic E-state index is 6.29. The van der Waals surface area contributed by atoms with Crippen molar-refractivity contribution in [3.05, 3.63) is 11.7 Å². The molecule has 2 heterocycles. The zero-order chi connectivity index (χ0) is 11.7. The van der Waals surface area contributed by atoms with Gasteiger partial charge in [-0.2, -0.15) is 4.98 Å². The summed E-state index contributed by atoms with van der Waals surface area (Å²) in [6.45, 7) is 0.801. The minimum atomic E-state index is -0.125. The number of rotatable bonds is 3. The molecule has 1 atom stereocenters. The fourth-order valence-corrected chi connectivity index (χ4v) is 2.81. The highest BCUT2D eigenvalue weighted by molar-refractivity contribution is 5.00. The van der Waals surface area contributed by atoms with E-state index in [1.54, 1.807) is 0 Å². The Morgan fingerprint density at radius 1 is 1.29 bits per heavy atom. The highest BCUT2D eigenvalue weighted by atomic mass is 16.5. The number of hydrogen-bond donors (Lipinski definition) is 1. The number of ether oxygens (including phenoxy) is 1. The summed E-state index contributed by atoms with van der Waals surface area (Å²) in [6, 6.07) is 0. The Balaban J connectivity index is 1.67. The van der Waals surface area contributed by atoms with Crippen LogP contribution in [0.3, 0.4) is 0 Å². The normalized spacial score (nSPS) is 27.7. The van der Waals surface area contributed by atoms with Gasteiger partial charge >= 0.3 is 0 Å². The van der Waals surface area contributed by atoms with Gasteiger partial charge in [0.05, 0.1) is 0 Å². The smallest absolute Gasteiger partial charge is 0.228 e. The second-order valence-corrected chi connectivity index (χ2v) is 5.29. The minimum absolute atomic E-state index is 0.0322. The molecule has 94 valence electrons. The van der Waals surface area contributed by atoms with Crippen molar-refractivity contribution in [2.45, 2.75) is 56.6 Å². The van der Waals surface area contributed by atoms with Gasteiger partial charge in [-0.15, -0.1) is 0 Å². The van der Waals surface area contributed by atoms with Crippen LogP contribution in [-0.2, 0) is 11.2 Å². The number of hydrogen-bond acceptors (Lipinski definition) is 5. The van der Waals surface area contributed by atoms with Crippen LogP contribution in [0.4, 0.5) is 0 Å². The van der Waals surface area contributed by atoms with Crippen LogP contribution < -0.4 is 5.73 Å². The number of nitrogens with zero attached hydrogens (tertiary/aromatic N) is 2. The van der Waals surface area contributed by atoms with Crippen LogP contribution in [0.15, 0.2) is 4.52 Å². The van der Waals surface area contributed by atoms with E-state index in [4.69, 9.17) is 15.0 Å². The lowest BCUT2D eigenvalue weighted by molar-refractivity contribution is 0.103. The molecule has 2 aliphatic rings. The molecule has 0 bridgehead atoms. The van der Waals surface area contributed by atoms with Crippen molar-refractivity contribution in [3.63, 3.8) is 0 Å². The van der Waals surface area contributed by atoms with Crippen molar-refractivity contribution in [1.82, 2.24) is 10.1 Å². The predicted octanol–water partition coefficient (Wildman–Crippen LogP) is 1.74. The fourth-order valence-electron chi connectivity index (χ4n) is 2.81. The van der Waals surface area contributed by atoms with E-state index in [1.165, 1.54) is 12.8 Å². The van der Waals surface area contributed by atoms with Gasteiger partial charge in [0, 0.05) is 18.6 Å². The predicted molar refractivity (Wildman–Crippen MR) is 61.3 cm³/mol. The highest BCUT2D eigenvalue weighted by Gasteiger charge is 2.32. The van der Waals surface area contributed by atoms with Crippen LogP contribution in [0.2, 0.25) is 0 Å². The van der Waals surface area contributed by atoms with Gasteiger partial charge in [0.1, 0.15) is 6.10 Å². The van der Waals surface area contributed by atoms with Gasteiger partial charge in [-0.3, -0.25) is 0 Å². The molecule has 1 saturated heterocycles. The van der Waals surface area contributed by atoms with E-state index in [0.29, 0.717) is 18.1 Å². The molecule has 3 rings (SSSR count). The van der Waals surface area contributed by atoms with Gasteiger partial charge in [-0.25, -0.2) is 0 Å². The second kappa shape index (κ2) is 4.38. The molecule has 2 fully saturated rings. The van der Waals surface area contributed by atoms with Gasteiger partial charge in [0.2, 0.25) is 11.7 Å². The van der Waals surface area contributed by atoms with E-state index >= 15 is 0 Å². The Hall–Kier alpha value is -0.940. The topological polar surface area (TPSA) is 74.2 Å². The van der Waals surface area contributed by atoms with E-state index in [9.17, 15) is 0 Å². The van der Waals surface area contributed by atoms with E-state index in [0.717, 1.165) is 32.3 Å². The van der Waals surface area contributed by atoms with Crippen LogP contribution in [0, 0.1) is 0 Å². The molecule has 1 aliphatic carbocycles. The van der Waals surface area contributed by atoms with Crippen molar-refractivity contribution in [2.24, 2.45) is 5.73 Å². The highest BCUT2D eigenvalue weighted by Crippen LogP contribution is 2.31. The van der Waals surface area contributed by atoms with Crippen molar-refractivity contribution in [1.29, 1.82) is 0 Å². The molecular formula is C12H19N3O2. The first kappa shape index (κ1) is 11.2. The first-order valence-corrected chi connectivity index (χ1v) is 6.48. The molecule has 2 N–H and O–H groups in total. The molecule has 0 spiro atoms. The first-order chi connectivity index (χ1) is 8.25. The van der Waals surface area contributed by atoms with Gasteiger partial charge in [0.25, 0.3) is 0 Å². The molecule has 0 amide bonds. The minimum Gasteiger partial charge on any atom is -0.370 e. The Bertz CT molecular complexity index is 379. The van der Waals surface area contributed by atoms with Crippen LogP contribution in [0.1, 0.15) is 56.3 Å². The van der Waals surface area contributed by atoms with E-state index in [1.807, 2.05) is 0 Å². The third kappa shape index (κ3) is 2.35. The molecule has 17 heavy (non-hydrogen) atoms. The Morgan fingerprint density at radius 2 is 2.12 bits per heavy atom. The summed E-state index contributed by atoms with van der Waals surface area (Å²) in [5.74, 6) is 1.36. The SMILES string of the molecule is NC1(Cc2nc(C3CCCO3)no2)CCCC1. The van der Waals surface area contributed by atoms with Crippen LogP contribution in [0.25, 0.3) is 0 Å². The molecule has 0 aromatic carbocycles. The van der Waals surface area contributed by atoms with E-state index in [2.05, 4.69) is 10.1 Å². The van der Waals surface area contributed by atoms with Gasteiger partial charge < -0.3 is 15.0 Å². The number of nitrogens with two attached hydrogens (primary N) is 1. The Morgan fingerprint density at radius 3 is 2.82 bits per heavy atom. The molecular weight excluding hydrogens is 218 g/mol. The molecule has 1 saturated carbocycles. The fraction of sp³-hybridized carbons (Fsp3) is 0.833. The van der Waals surface area contributed by atoms with Crippen LogP contribution in [-0.4, -0.2) is 22.3 Å². The van der Waals surface area contributed by atoms with Crippen molar-refractivity contribution in [2.75, 3.05) is 6.61 Å². The average molecular weight is 237 g/mol. The lowest BCUT2D eigenvalue weighted by atomic mass is 9.95. The summed E-state index contributed by atoms with van der Waals surface area (Å²) in [7, 11) is 0. The molecule has 5 heteroatoms.